The van der Waals surface area contributed by atoms with Crippen LogP contribution in [0.4, 0.5) is 5.69 Å². The Kier molecular flexibility index (Phi) is 11.1. The van der Waals surface area contributed by atoms with Crippen LogP contribution >= 0.6 is 0 Å². The number of nitrogens with zero attached hydrogens (tertiary/aromatic N) is 1. The number of hydrogen-bond acceptors (Lipinski definition) is 18. The van der Waals surface area contributed by atoms with Gasteiger partial charge in [0.2, 0.25) is 11.9 Å². The van der Waals surface area contributed by atoms with Gasteiger partial charge in [0.15, 0.2) is 40.8 Å². The molecule has 1 aromatic rings. The van der Waals surface area contributed by atoms with Crippen molar-refractivity contribution in [2.45, 2.75) is 101 Å². The second-order valence-corrected chi connectivity index (χ2v) is 11.3. The monoisotopic (exact) mass is 685 g/mol. The molecule has 264 valence electrons. The van der Waals surface area contributed by atoms with E-state index >= 15 is 0 Å². The van der Waals surface area contributed by atoms with Crippen molar-refractivity contribution in [2.24, 2.45) is 0 Å². The summed E-state index contributed by atoms with van der Waals surface area (Å²) in [4.78, 5) is 85.9. The lowest BCUT2D eigenvalue weighted by atomic mass is 9.58. The smallest absolute Gasteiger partial charge is 0.303 e. The number of Topliss-reactive ketones (excluding diaryl/α,β-unsaturated/α-hetero) is 3. The van der Waals surface area contributed by atoms with Crippen molar-refractivity contribution >= 4 is 40.9 Å². The van der Waals surface area contributed by atoms with E-state index in [0.29, 0.717) is 13.8 Å². The molecule has 0 bridgehead atoms. The summed E-state index contributed by atoms with van der Waals surface area (Å²) >= 11 is 0. The highest BCUT2D eigenvalue weighted by Gasteiger charge is 2.82. The van der Waals surface area contributed by atoms with Crippen LogP contribution in [-0.2, 0) is 52.5 Å². The molecule has 19 nitrogen and oxygen atoms in total. The summed E-state index contributed by atoms with van der Waals surface area (Å²) in [5.74, 6) is -7.60. The van der Waals surface area contributed by atoms with E-state index in [9.17, 15) is 59.3 Å². The average molecular weight is 686 g/mol. The van der Waals surface area contributed by atoms with E-state index in [0.717, 1.165) is 52.0 Å². The number of nitro groups is 1. The first-order chi connectivity index (χ1) is 22.1. The van der Waals surface area contributed by atoms with Gasteiger partial charge in [-0.2, -0.15) is 0 Å². The first kappa shape index (κ1) is 38.1. The largest absolute Gasteiger partial charge is 0.463 e. The van der Waals surface area contributed by atoms with Gasteiger partial charge in [0, 0.05) is 32.9 Å². The lowest BCUT2D eigenvalue weighted by Crippen LogP contribution is -2.89. The maximum atomic E-state index is 13.6. The molecule has 0 radical (unpaired) electrons. The standard InChI is InChI=1S/C29H35NO18/c1-12(31)21(37)24-28(39,25-23(45-17(6)36)22(44-16(5)35)20(47-25)11-43-15(4)34)29(40,14(3)33)27(38,13(2)32)26(48-24)46-19-9-7-18(8-10-19)30(41)42/h7-10,20-26,37-40H,11H2,1-6H3/t20-,21?,22-,23+,24-,25-,26+,27+,28+,29-/m1/s1. The van der Waals surface area contributed by atoms with Crippen LogP contribution in [0.3, 0.4) is 0 Å². The summed E-state index contributed by atoms with van der Waals surface area (Å²) < 4.78 is 32.6. The quantitative estimate of drug-likeness (QED) is 0.0818. The third kappa shape index (κ3) is 6.51. The fourth-order valence-electron chi connectivity index (χ4n) is 5.84. The Morgan fingerprint density at radius 2 is 1.40 bits per heavy atom. The number of carbonyl (C=O) groups is 6. The number of ether oxygens (including phenoxy) is 6. The van der Waals surface area contributed by atoms with Gasteiger partial charge in [-0.15, -0.1) is 0 Å². The van der Waals surface area contributed by atoms with Crippen LogP contribution in [-0.4, -0.2) is 127 Å². The molecule has 0 spiro atoms. The summed E-state index contributed by atoms with van der Waals surface area (Å²) in [6.45, 7) is 4.15. The van der Waals surface area contributed by atoms with Crippen molar-refractivity contribution in [1.29, 1.82) is 0 Å². The van der Waals surface area contributed by atoms with Crippen LogP contribution in [0.1, 0.15) is 41.5 Å². The highest BCUT2D eigenvalue weighted by Crippen LogP contribution is 2.52. The average Bonchev–Trinajstić information content (AvgIpc) is 3.31. The number of benzene rings is 1. The second-order valence-electron chi connectivity index (χ2n) is 11.3. The lowest BCUT2D eigenvalue weighted by Gasteiger charge is -2.60. The van der Waals surface area contributed by atoms with Crippen LogP contribution < -0.4 is 4.74 Å². The second kappa shape index (κ2) is 14.0. The molecular formula is C29H35NO18. The number of esters is 3. The normalized spacial score (nSPS) is 33.5. The van der Waals surface area contributed by atoms with E-state index in [1.165, 1.54) is 0 Å². The number of rotatable bonds is 12. The highest BCUT2D eigenvalue weighted by molar-refractivity contribution is 5.99. The molecule has 4 N–H and O–H groups in total. The van der Waals surface area contributed by atoms with E-state index in [1.54, 1.807) is 0 Å². The molecule has 2 fully saturated rings. The summed E-state index contributed by atoms with van der Waals surface area (Å²) in [6.07, 6.45) is -15.5. The Bertz CT molecular complexity index is 1480. The molecule has 0 amide bonds. The fraction of sp³-hybridized carbons (Fsp3) is 0.586. The number of ketones is 3. The predicted octanol–water partition coefficient (Wildman–Crippen LogP) is -1.79. The minimum atomic E-state index is -3.89. The van der Waals surface area contributed by atoms with E-state index < -0.39 is 112 Å². The van der Waals surface area contributed by atoms with Crippen LogP contribution in [0.5, 0.6) is 5.75 Å². The molecule has 10 atom stereocenters. The summed E-state index contributed by atoms with van der Waals surface area (Å²) in [5, 5.41) is 59.2. The van der Waals surface area contributed by atoms with Crippen LogP contribution in [0.15, 0.2) is 24.3 Å². The van der Waals surface area contributed by atoms with Gasteiger partial charge in [0.1, 0.15) is 36.8 Å². The minimum Gasteiger partial charge on any atom is -0.463 e. The Morgan fingerprint density at radius 1 is 0.854 bits per heavy atom. The Hall–Kier alpha value is -4.40. The third-order valence-electron chi connectivity index (χ3n) is 8.02. The molecule has 0 saturated carbocycles. The van der Waals surface area contributed by atoms with Crippen molar-refractivity contribution in [3.63, 3.8) is 0 Å². The van der Waals surface area contributed by atoms with E-state index in [-0.39, 0.29) is 5.75 Å². The molecule has 19 heteroatoms. The van der Waals surface area contributed by atoms with Gasteiger partial charge >= 0.3 is 17.9 Å². The maximum Gasteiger partial charge on any atom is 0.303 e. The van der Waals surface area contributed by atoms with Crippen molar-refractivity contribution in [3.05, 3.63) is 34.4 Å². The number of hydrogen-bond donors (Lipinski definition) is 4. The molecule has 1 aromatic carbocycles. The van der Waals surface area contributed by atoms with Crippen LogP contribution in [0, 0.1) is 10.1 Å². The van der Waals surface area contributed by atoms with E-state index in [4.69, 9.17) is 28.4 Å². The summed E-state index contributed by atoms with van der Waals surface area (Å²) in [6, 6.07) is 3.89. The van der Waals surface area contributed by atoms with Crippen molar-refractivity contribution in [2.75, 3.05) is 6.61 Å². The number of aliphatic hydroxyl groups is 4. The molecule has 3 rings (SSSR count). The van der Waals surface area contributed by atoms with Crippen LogP contribution in [0.2, 0.25) is 0 Å². The zero-order valence-corrected chi connectivity index (χ0v) is 26.5. The van der Waals surface area contributed by atoms with Crippen molar-refractivity contribution in [1.82, 2.24) is 0 Å². The first-order valence-electron chi connectivity index (χ1n) is 14.2. The van der Waals surface area contributed by atoms with Gasteiger partial charge in [-0.05, 0) is 32.9 Å². The lowest BCUT2D eigenvalue weighted by molar-refractivity contribution is -0.388. The maximum absolute atomic E-state index is 13.6. The molecule has 48 heavy (non-hydrogen) atoms. The molecule has 0 aliphatic carbocycles. The van der Waals surface area contributed by atoms with Gasteiger partial charge in [-0.1, -0.05) is 0 Å². The Labute approximate surface area is 271 Å². The highest BCUT2D eigenvalue weighted by atomic mass is 16.7. The number of carbonyl (C=O) groups excluding carboxylic acids is 6. The van der Waals surface area contributed by atoms with Gasteiger partial charge in [-0.25, -0.2) is 0 Å². The van der Waals surface area contributed by atoms with Gasteiger partial charge < -0.3 is 48.8 Å². The summed E-state index contributed by atoms with van der Waals surface area (Å²) in [7, 11) is 0. The molecule has 1 unspecified atom stereocenters. The zero-order valence-electron chi connectivity index (χ0n) is 26.5. The molecule has 2 aliphatic rings. The molecule has 2 aliphatic heterocycles. The topological polar surface area (TPSA) is 282 Å². The van der Waals surface area contributed by atoms with Gasteiger partial charge in [0.05, 0.1) is 4.92 Å². The Morgan fingerprint density at radius 3 is 1.83 bits per heavy atom. The molecule has 0 aromatic heterocycles. The van der Waals surface area contributed by atoms with E-state index in [2.05, 4.69) is 0 Å². The Balaban J connectivity index is 2.36. The van der Waals surface area contributed by atoms with Gasteiger partial charge in [0.25, 0.3) is 5.69 Å². The third-order valence-corrected chi connectivity index (χ3v) is 8.02. The summed E-state index contributed by atoms with van der Waals surface area (Å²) in [5.41, 5.74) is -11.6. The molecule has 2 heterocycles. The van der Waals surface area contributed by atoms with Crippen LogP contribution in [0.25, 0.3) is 0 Å². The molecule has 2 saturated heterocycles. The fourth-order valence-corrected chi connectivity index (χ4v) is 5.84. The van der Waals surface area contributed by atoms with Gasteiger partial charge in [-0.3, -0.25) is 38.9 Å². The zero-order chi connectivity index (χ0) is 36.5. The minimum absolute atomic E-state index is 0.357. The number of nitro benzene ring substituents is 1. The predicted molar refractivity (Wildman–Crippen MR) is 152 cm³/mol. The van der Waals surface area contributed by atoms with E-state index in [1.807, 2.05) is 0 Å². The molecular weight excluding hydrogens is 650 g/mol. The van der Waals surface area contributed by atoms with Crippen molar-refractivity contribution < 1.29 is 82.5 Å². The van der Waals surface area contributed by atoms with Crippen molar-refractivity contribution in [3.8, 4) is 5.75 Å². The number of aliphatic hydroxyl groups excluding tert-OH is 1. The first-order valence-corrected chi connectivity index (χ1v) is 14.2. The number of non-ortho nitro benzene ring substituents is 1. The SMILES string of the molecule is CC(=O)OC[C@H]1O[C@@H]([C@@]2(O)[C@@H](C(O)C(C)=O)O[C@H](Oc3ccc([N+](=O)[O-])cc3)[C@@](O)(C(C)=O)[C@]2(O)C(C)=O)[C@@H](OC(C)=O)[C@@H]1OC(C)=O.